The molecule has 1 unspecified atom stereocenters. The highest BCUT2D eigenvalue weighted by Gasteiger charge is 2.23. The minimum atomic E-state index is 0.103. The Labute approximate surface area is 151 Å². The van der Waals surface area contributed by atoms with Crippen molar-refractivity contribution in [3.05, 3.63) is 65.7 Å². The Kier molecular flexibility index (Phi) is 6.38. The summed E-state index contributed by atoms with van der Waals surface area (Å²) in [5.41, 5.74) is 3.82. The molecule has 0 spiro atoms. The smallest absolute Gasteiger partial charge is 0.170 e. The van der Waals surface area contributed by atoms with E-state index in [4.69, 9.17) is 12.2 Å². The van der Waals surface area contributed by atoms with Crippen molar-refractivity contribution in [3.8, 4) is 0 Å². The van der Waals surface area contributed by atoms with Crippen LogP contribution in [0.15, 0.2) is 54.6 Å². The molecule has 0 saturated carbocycles. The van der Waals surface area contributed by atoms with Crippen molar-refractivity contribution in [2.75, 3.05) is 5.32 Å². The van der Waals surface area contributed by atoms with Gasteiger partial charge in [0.25, 0.3) is 0 Å². The van der Waals surface area contributed by atoms with E-state index in [0.29, 0.717) is 5.11 Å². The molecule has 0 aliphatic rings. The van der Waals surface area contributed by atoms with Crippen LogP contribution in [0.2, 0.25) is 0 Å². The molecule has 2 rings (SSSR count). The molecule has 0 saturated heterocycles. The number of anilines is 1. The fourth-order valence-corrected chi connectivity index (χ4v) is 3.36. The summed E-state index contributed by atoms with van der Waals surface area (Å²) in [6.45, 7) is 8.89. The number of aryl methyl sites for hydroxylation is 1. The van der Waals surface area contributed by atoms with Gasteiger partial charge in [0.2, 0.25) is 0 Å². The molecule has 0 radical (unpaired) electrons. The SMILES string of the molecule is CCc1ccc(NC(=S)NC(C)CC(C)(C)c2ccccc2)cc1. The van der Waals surface area contributed by atoms with Crippen LogP contribution in [-0.2, 0) is 11.8 Å². The van der Waals surface area contributed by atoms with Gasteiger partial charge in [0.1, 0.15) is 0 Å². The first kappa shape index (κ1) is 18.5. The molecule has 1 atom stereocenters. The van der Waals surface area contributed by atoms with Crippen LogP contribution in [0.25, 0.3) is 0 Å². The lowest BCUT2D eigenvalue weighted by Gasteiger charge is -2.29. The molecule has 0 fully saturated rings. The van der Waals surface area contributed by atoms with Gasteiger partial charge in [0.15, 0.2) is 5.11 Å². The maximum Gasteiger partial charge on any atom is 0.170 e. The molecule has 128 valence electrons. The molecular formula is C21H28N2S. The highest BCUT2D eigenvalue weighted by Crippen LogP contribution is 2.28. The summed E-state index contributed by atoms with van der Waals surface area (Å²) in [5, 5.41) is 7.35. The van der Waals surface area contributed by atoms with Crippen molar-refractivity contribution >= 4 is 23.0 Å². The van der Waals surface area contributed by atoms with E-state index >= 15 is 0 Å². The maximum absolute atomic E-state index is 5.46. The third-order valence-corrected chi connectivity index (χ3v) is 4.59. The average Bonchev–Trinajstić information content (AvgIpc) is 2.55. The van der Waals surface area contributed by atoms with E-state index in [1.54, 1.807) is 0 Å². The van der Waals surface area contributed by atoms with Crippen LogP contribution >= 0.6 is 12.2 Å². The minimum absolute atomic E-state index is 0.103. The molecule has 24 heavy (non-hydrogen) atoms. The normalized spacial score (nSPS) is 12.5. The summed E-state index contributed by atoms with van der Waals surface area (Å²) in [4.78, 5) is 0. The van der Waals surface area contributed by atoms with E-state index in [1.165, 1.54) is 11.1 Å². The fraction of sp³-hybridized carbons (Fsp3) is 0.381. The summed E-state index contributed by atoms with van der Waals surface area (Å²) >= 11 is 5.46. The van der Waals surface area contributed by atoms with Crippen molar-refractivity contribution < 1.29 is 0 Å². The number of thiocarbonyl (C=S) groups is 1. The Morgan fingerprint density at radius 1 is 1.04 bits per heavy atom. The zero-order chi connectivity index (χ0) is 17.6. The molecule has 0 heterocycles. The number of hydrogen-bond donors (Lipinski definition) is 2. The summed E-state index contributed by atoms with van der Waals surface area (Å²) < 4.78 is 0. The lowest BCUT2D eigenvalue weighted by atomic mass is 9.79. The second-order valence-corrected chi connectivity index (χ2v) is 7.41. The lowest BCUT2D eigenvalue weighted by Crippen LogP contribution is -2.39. The Hall–Kier alpha value is -1.87. The predicted octanol–water partition coefficient (Wildman–Crippen LogP) is 5.29. The first-order valence-electron chi connectivity index (χ1n) is 8.62. The van der Waals surface area contributed by atoms with Crippen LogP contribution in [0.3, 0.4) is 0 Å². The van der Waals surface area contributed by atoms with Crippen LogP contribution in [-0.4, -0.2) is 11.2 Å². The summed E-state index contributed by atoms with van der Waals surface area (Å²) in [6.07, 6.45) is 2.06. The van der Waals surface area contributed by atoms with Gasteiger partial charge >= 0.3 is 0 Å². The van der Waals surface area contributed by atoms with Gasteiger partial charge in [-0.1, -0.05) is 63.2 Å². The number of hydrogen-bond acceptors (Lipinski definition) is 1. The molecule has 2 aromatic rings. The van der Waals surface area contributed by atoms with Crippen molar-refractivity contribution in [3.63, 3.8) is 0 Å². The third kappa shape index (κ3) is 5.34. The Morgan fingerprint density at radius 2 is 1.67 bits per heavy atom. The molecular weight excluding hydrogens is 312 g/mol. The molecule has 2 N–H and O–H groups in total. The molecule has 2 aromatic carbocycles. The molecule has 2 nitrogen and oxygen atoms in total. The minimum Gasteiger partial charge on any atom is -0.360 e. The van der Waals surface area contributed by atoms with Gasteiger partial charge in [-0.2, -0.15) is 0 Å². The highest BCUT2D eigenvalue weighted by molar-refractivity contribution is 7.80. The van der Waals surface area contributed by atoms with Gasteiger partial charge in [0.05, 0.1) is 0 Å². The van der Waals surface area contributed by atoms with Gasteiger partial charge in [-0.15, -0.1) is 0 Å². The second-order valence-electron chi connectivity index (χ2n) is 7.00. The number of benzene rings is 2. The van der Waals surface area contributed by atoms with Crippen LogP contribution in [0.5, 0.6) is 0 Å². The van der Waals surface area contributed by atoms with Crippen LogP contribution in [0, 0.1) is 0 Å². The topological polar surface area (TPSA) is 24.1 Å². The zero-order valence-corrected chi connectivity index (χ0v) is 15.9. The Balaban J connectivity index is 1.89. The van der Waals surface area contributed by atoms with Gasteiger partial charge in [-0.3, -0.25) is 0 Å². The van der Waals surface area contributed by atoms with Gasteiger partial charge < -0.3 is 10.6 Å². The molecule has 3 heteroatoms. The van der Waals surface area contributed by atoms with E-state index in [-0.39, 0.29) is 11.5 Å². The van der Waals surface area contributed by atoms with Gasteiger partial charge in [0, 0.05) is 11.7 Å². The van der Waals surface area contributed by atoms with E-state index in [0.717, 1.165) is 18.5 Å². The van der Waals surface area contributed by atoms with Crippen molar-refractivity contribution in [1.29, 1.82) is 0 Å². The van der Waals surface area contributed by atoms with Crippen LogP contribution in [0.1, 0.15) is 45.2 Å². The van der Waals surface area contributed by atoms with Crippen molar-refractivity contribution in [2.24, 2.45) is 0 Å². The largest absolute Gasteiger partial charge is 0.360 e. The van der Waals surface area contributed by atoms with E-state index < -0.39 is 0 Å². The van der Waals surface area contributed by atoms with Gasteiger partial charge in [-0.25, -0.2) is 0 Å². The van der Waals surface area contributed by atoms with E-state index in [9.17, 15) is 0 Å². The van der Waals surface area contributed by atoms with Crippen LogP contribution in [0.4, 0.5) is 5.69 Å². The molecule has 0 bridgehead atoms. The maximum atomic E-state index is 5.46. The Bertz CT molecular complexity index is 647. The second kappa shape index (κ2) is 8.29. The summed E-state index contributed by atoms with van der Waals surface area (Å²) in [7, 11) is 0. The zero-order valence-electron chi connectivity index (χ0n) is 15.1. The average molecular weight is 341 g/mol. The molecule has 0 aliphatic heterocycles. The standard InChI is InChI=1S/C21H28N2S/c1-5-17-11-13-19(14-12-17)23-20(24)22-16(2)15-21(3,4)18-9-7-6-8-10-18/h6-14,16H,5,15H2,1-4H3,(H2,22,23,24). The fourth-order valence-electron chi connectivity index (χ4n) is 3.04. The molecule has 0 aromatic heterocycles. The van der Waals surface area contributed by atoms with E-state index in [1.807, 2.05) is 0 Å². The quantitative estimate of drug-likeness (QED) is 0.699. The monoisotopic (exact) mass is 340 g/mol. The summed E-state index contributed by atoms with van der Waals surface area (Å²) in [6, 6.07) is 19.3. The molecule has 0 aliphatic carbocycles. The van der Waals surface area contributed by atoms with Crippen molar-refractivity contribution in [1.82, 2.24) is 5.32 Å². The number of nitrogens with one attached hydrogen (secondary N) is 2. The third-order valence-electron chi connectivity index (χ3n) is 4.37. The Morgan fingerprint density at radius 3 is 2.25 bits per heavy atom. The van der Waals surface area contributed by atoms with Crippen molar-refractivity contribution in [2.45, 2.75) is 52.0 Å². The molecule has 0 amide bonds. The lowest BCUT2D eigenvalue weighted by molar-refractivity contribution is 0.420. The van der Waals surface area contributed by atoms with Gasteiger partial charge in [-0.05, 0) is 60.7 Å². The van der Waals surface area contributed by atoms with E-state index in [2.05, 4.69) is 92.9 Å². The summed E-state index contributed by atoms with van der Waals surface area (Å²) in [5.74, 6) is 0. The van der Waals surface area contributed by atoms with Crippen LogP contribution < -0.4 is 10.6 Å². The predicted molar refractivity (Wildman–Crippen MR) is 109 cm³/mol. The first-order valence-corrected chi connectivity index (χ1v) is 9.03. The highest BCUT2D eigenvalue weighted by atomic mass is 32.1. The first-order chi connectivity index (χ1) is 11.4. The number of rotatable bonds is 6.